The summed E-state index contributed by atoms with van der Waals surface area (Å²) in [5.41, 5.74) is 2.30. The summed E-state index contributed by atoms with van der Waals surface area (Å²) in [7, 11) is 0. The molecule has 0 heterocycles. The minimum absolute atomic E-state index is 0.0215. The molecule has 0 radical (unpaired) electrons. The summed E-state index contributed by atoms with van der Waals surface area (Å²) in [5, 5.41) is 20.6. The van der Waals surface area contributed by atoms with Crippen LogP contribution in [0.2, 0.25) is 0 Å². The summed E-state index contributed by atoms with van der Waals surface area (Å²) in [6.45, 7) is 8.55. The molecular weight excluding hydrogens is 584 g/mol. The van der Waals surface area contributed by atoms with E-state index < -0.39 is 41.8 Å². The largest absolute Gasteiger partial charge is 0.464 e. The standard InChI is InChI=1S/C34H49F2N3O4S/c1-6-43-31(41)28(13-16-44-5)38-32(42)39-29(19-23-17-26(35)21-27(36)18-23)30(40)22-37-34(14-8-7-9-15-34)25-12-10-11-24(20-25)33(2,3)4/h10-12,17-18,20-21,28-30,37,40H,6-9,13-16,19,22H2,1-5H3,(H2,38,39,42). The fraction of sp³-hybridized carbons (Fsp3) is 0.588. The normalized spacial score (nSPS) is 16.9. The Kier molecular flexibility index (Phi) is 13.5. The van der Waals surface area contributed by atoms with Crippen molar-refractivity contribution in [2.75, 3.05) is 25.2 Å². The number of carbonyl (C=O) groups is 2. The Balaban J connectivity index is 1.84. The third kappa shape index (κ3) is 10.4. The number of nitrogens with one attached hydrogen (secondary N) is 3. The number of benzene rings is 2. The number of urea groups is 1. The average molecular weight is 634 g/mol. The van der Waals surface area contributed by atoms with Gasteiger partial charge in [0.1, 0.15) is 17.7 Å². The summed E-state index contributed by atoms with van der Waals surface area (Å²) in [4.78, 5) is 25.7. The van der Waals surface area contributed by atoms with E-state index >= 15 is 0 Å². The van der Waals surface area contributed by atoms with Gasteiger partial charge >= 0.3 is 12.0 Å². The van der Waals surface area contributed by atoms with Crippen molar-refractivity contribution in [3.8, 4) is 0 Å². The van der Waals surface area contributed by atoms with Gasteiger partial charge in [0.25, 0.3) is 0 Å². The Morgan fingerprint density at radius 1 is 1.05 bits per heavy atom. The van der Waals surface area contributed by atoms with Crippen LogP contribution >= 0.6 is 11.8 Å². The molecule has 0 bridgehead atoms. The van der Waals surface area contributed by atoms with Gasteiger partial charge in [-0.2, -0.15) is 11.8 Å². The van der Waals surface area contributed by atoms with Crippen LogP contribution in [0.25, 0.3) is 0 Å². The first-order chi connectivity index (χ1) is 20.9. The molecule has 7 nitrogen and oxygen atoms in total. The Bertz CT molecular complexity index is 1210. The van der Waals surface area contributed by atoms with Gasteiger partial charge in [-0.05, 0) is 78.9 Å². The Morgan fingerprint density at radius 2 is 1.73 bits per heavy atom. The number of rotatable bonds is 14. The molecule has 2 amide bonds. The van der Waals surface area contributed by atoms with E-state index in [4.69, 9.17) is 4.74 Å². The minimum atomic E-state index is -1.11. The SMILES string of the molecule is CCOC(=O)C(CCSC)NC(=O)NC(Cc1cc(F)cc(F)c1)C(O)CNC1(c2cccc(C(C)(C)C)c2)CCCCC1. The zero-order valence-corrected chi connectivity index (χ0v) is 27.5. The molecular formula is C34H49F2N3O4S. The van der Waals surface area contributed by atoms with Gasteiger partial charge in [0.15, 0.2) is 0 Å². The molecule has 1 fully saturated rings. The number of hydrogen-bond acceptors (Lipinski definition) is 6. The molecule has 244 valence electrons. The molecule has 2 aromatic carbocycles. The Labute approximate surface area is 265 Å². The second-order valence-electron chi connectivity index (χ2n) is 12.7. The van der Waals surface area contributed by atoms with Crippen molar-refractivity contribution in [1.82, 2.24) is 16.0 Å². The summed E-state index contributed by atoms with van der Waals surface area (Å²) < 4.78 is 33.3. The van der Waals surface area contributed by atoms with Gasteiger partial charge in [0.05, 0.1) is 18.8 Å². The molecule has 10 heteroatoms. The third-order valence-corrected chi connectivity index (χ3v) is 8.93. The predicted octanol–water partition coefficient (Wildman–Crippen LogP) is 5.97. The van der Waals surface area contributed by atoms with E-state index in [0.717, 1.165) is 43.7 Å². The molecule has 1 saturated carbocycles. The average Bonchev–Trinajstić information content (AvgIpc) is 2.97. The van der Waals surface area contributed by atoms with Crippen LogP contribution < -0.4 is 16.0 Å². The van der Waals surface area contributed by atoms with E-state index in [9.17, 15) is 23.5 Å². The lowest BCUT2D eigenvalue weighted by Gasteiger charge is -2.41. The number of amides is 2. The van der Waals surface area contributed by atoms with Gasteiger partial charge in [-0.1, -0.05) is 64.3 Å². The number of ether oxygens (including phenoxy) is 1. The molecule has 0 aromatic heterocycles. The first kappa shape index (κ1) is 35.8. The van der Waals surface area contributed by atoms with Crippen molar-refractivity contribution < 1.29 is 28.2 Å². The van der Waals surface area contributed by atoms with Gasteiger partial charge < -0.3 is 25.8 Å². The van der Waals surface area contributed by atoms with Crippen molar-refractivity contribution in [3.63, 3.8) is 0 Å². The molecule has 4 N–H and O–H groups in total. The fourth-order valence-electron chi connectivity index (χ4n) is 5.81. The third-order valence-electron chi connectivity index (χ3n) is 8.28. The molecule has 1 aliphatic rings. The van der Waals surface area contributed by atoms with E-state index in [-0.39, 0.29) is 30.5 Å². The van der Waals surface area contributed by atoms with Gasteiger partial charge in [-0.15, -0.1) is 0 Å². The number of hydrogen-bond donors (Lipinski definition) is 4. The molecule has 0 aliphatic heterocycles. The second-order valence-corrected chi connectivity index (χ2v) is 13.7. The number of halogens is 2. The zero-order chi connectivity index (χ0) is 32.3. The number of aliphatic hydroxyl groups excluding tert-OH is 1. The van der Waals surface area contributed by atoms with E-state index in [1.165, 1.54) is 29.5 Å². The summed E-state index contributed by atoms with van der Waals surface area (Å²) in [6.07, 6.45) is 6.16. The molecule has 2 aromatic rings. The second kappa shape index (κ2) is 16.6. The number of carbonyl (C=O) groups excluding carboxylic acids is 2. The summed E-state index contributed by atoms with van der Waals surface area (Å²) in [5.74, 6) is -1.40. The van der Waals surface area contributed by atoms with Crippen molar-refractivity contribution in [3.05, 3.63) is 70.8 Å². The molecule has 44 heavy (non-hydrogen) atoms. The number of thioether (sulfide) groups is 1. The van der Waals surface area contributed by atoms with Crippen LogP contribution in [-0.2, 0) is 26.9 Å². The van der Waals surface area contributed by atoms with Crippen LogP contribution in [0, 0.1) is 11.6 Å². The van der Waals surface area contributed by atoms with E-state index in [0.29, 0.717) is 17.7 Å². The summed E-state index contributed by atoms with van der Waals surface area (Å²) in [6, 6.07) is 9.30. The van der Waals surface area contributed by atoms with Gasteiger partial charge in [-0.25, -0.2) is 18.4 Å². The van der Waals surface area contributed by atoms with Crippen molar-refractivity contribution in [2.24, 2.45) is 0 Å². The lowest BCUT2D eigenvalue weighted by atomic mass is 9.74. The highest BCUT2D eigenvalue weighted by molar-refractivity contribution is 7.98. The van der Waals surface area contributed by atoms with Crippen molar-refractivity contribution >= 4 is 23.8 Å². The number of esters is 1. The van der Waals surface area contributed by atoms with E-state index in [1.807, 2.05) is 6.26 Å². The number of aliphatic hydroxyl groups is 1. The molecule has 3 unspecified atom stereocenters. The zero-order valence-electron chi connectivity index (χ0n) is 26.7. The predicted molar refractivity (Wildman–Crippen MR) is 173 cm³/mol. The van der Waals surface area contributed by atoms with Crippen LogP contribution in [0.15, 0.2) is 42.5 Å². The van der Waals surface area contributed by atoms with Gasteiger partial charge in [0.2, 0.25) is 0 Å². The van der Waals surface area contributed by atoms with E-state index in [1.54, 1.807) is 6.92 Å². The smallest absolute Gasteiger partial charge is 0.328 e. The maximum absolute atomic E-state index is 14.1. The maximum Gasteiger partial charge on any atom is 0.328 e. The fourth-order valence-corrected chi connectivity index (χ4v) is 6.28. The van der Waals surface area contributed by atoms with Gasteiger partial charge in [0, 0.05) is 18.2 Å². The molecule has 0 saturated heterocycles. The minimum Gasteiger partial charge on any atom is -0.464 e. The van der Waals surface area contributed by atoms with Crippen LogP contribution in [0.3, 0.4) is 0 Å². The monoisotopic (exact) mass is 633 g/mol. The van der Waals surface area contributed by atoms with Crippen molar-refractivity contribution in [1.29, 1.82) is 0 Å². The van der Waals surface area contributed by atoms with Gasteiger partial charge in [-0.3, -0.25) is 0 Å². The first-order valence-electron chi connectivity index (χ1n) is 15.6. The first-order valence-corrected chi connectivity index (χ1v) is 17.0. The topological polar surface area (TPSA) is 99.7 Å². The highest BCUT2D eigenvalue weighted by Crippen LogP contribution is 2.38. The molecule has 3 rings (SSSR count). The molecule has 3 atom stereocenters. The summed E-state index contributed by atoms with van der Waals surface area (Å²) >= 11 is 1.54. The van der Waals surface area contributed by atoms with E-state index in [2.05, 4.69) is 61.0 Å². The highest BCUT2D eigenvalue weighted by Gasteiger charge is 2.36. The van der Waals surface area contributed by atoms with Crippen LogP contribution in [-0.4, -0.2) is 60.5 Å². The van der Waals surface area contributed by atoms with Crippen LogP contribution in [0.4, 0.5) is 13.6 Å². The van der Waals surface area contributed by atoms with Crippen LogP contribution in [0.1, 0.15) is 82.9 Å². The lowest BCUT2D eigenvalue weighted by molar-refractivity contribution is -0.145. The highest BCUT2D eigenvalue weighted by atomic mass is 32.2. The Hall–Kier alpha value is -2.69. The lowest BCUT2D eigenvalue weighted by Crippen LogP contribution is -2.56. The molecule has 0 spiro atoms. The molecule has 1 aliphatic carbocycles. The Morgan fingerprint density at radius 3 is 2.34 bits per heavy atom. The quantitative estimate of drug-likeness (QED) is 0.192. The maximum atomic E-state index is 14.1. The van der Waals surface area contributed by atoms with Crippen molar-refractivity contribution in [2.45, 2.75) is 102 Å². The van der Waals surface area contributed by atoms with Crippen LogP contribution in [0.5, 0.6) is 0 Å².